The van der Waals surface area contributed by atoms with Gasteiger partial charge in [0.2, 0.25) is 0 Å². The molecule has 0 spiro atoms. The first kappa shape index (κ1) is 9.97. The summed E-state index contributed by atoms with van der Waals surface area (Å²) in [7, 11) is 0. The molecule has 0 saturated heterocycles. The molecule has 1 aromatic carbocycles. The summed E-state index contributed by atoms with van der Waals surface area (Å²) >= 11 is 0. The minimum Gasteiger partial charge on any atom is -0.410 e. The summed E-state index contributed by atoms with van der Waals surface area (Å²) in [5, 5.41) is 12.2. The lowest BCUT2D eigenvalue weighted by atomic mass is 9.85. The fourth-order valence-corrected chi connectivity index (χ4v) is 1.66. The number of hydrogen-bond acceptors (Lipinski definition) is 2. The number of nitrogens with zero attached hydrogens (tertiary/aromatic N) is 1. The Bertz CT molecular complexity index is 363. The van der Waals surface area contributed by atoms with E-state index in [1.54, 1.807) is 0 Å². The second-order valence-electron chi connectivity index (χ2n) is 3.90. The molecule has 0 heterocycles. The van der Waals surface area contributed by atoms with Gasteiger partial charge < -0.3 is 5.21 Å². The Hall–Kier alpha value is -1.57. The summed E-state index contributed by atoms with van der Waals surface area (Å²) in [6, 6.07) is 9.73. The van der Waals surface area contributed by atoms with Crippen LogP contribution in [-0.2, 0) is 0 Å². The summed E-state index contributed by atoms with van der Waals surface area (Å²) in [5.74, 6) is 0.686. The third kappa shape index (κ3) is 2.46. The number of rotatable bonds is 3. The summed E-state index contributed by atoms with van der Waals surface area (Å²) in [4.78, 5) is 0. The van der Waals surface area contributed by atoms with Crippen LogP contribution in [0.4, 0.5) is 0 Å². The lowest BCUT2D eigenvalue weighted by Gasteiger charge is -2.21. The van der Waals surface area contributed by atoms with Crippen LogP contribution in [0.2, 0.25) is 0 Å². The molecule has 1 aliphatic carbocycles. The summed E-state index contributed by atoms with van der Waals surface area (Å²) in [6.07, 6.45) is 7.92. The highest BCUT2D eigenvalue weighted by Crippen LogP contribution is 2.27. The van der Waals surface area contributed by atoms with E-state index in [-0.39, 0.29) is 0 Å². The molecule has 2 rings (SSSR count). The Labute approximate surface area is 89.9 Å². The van der Waals surface area contributed by atoms with Crippen molar-refractivity contribution in [2.24, 2.45) is 11.1 Å². The van der Waals surface area contributed by atoms with Crippen LogP contribution >= 0.6 is 0 Å². The molecule has 0 aromatic heterocycles. The molecule has 0 bridgehead atoms. The third-order valence-electron chi connectivity index (χ3n) is 2.85. The number of oxime groups is 1. The fraction of sp³-hybridized carbons (Fsp3) is 0.308. The quantitative estimate of drug-likeness (QED) is 0.454. The van der Waals surface area contributed by atoms with E-state index in [4.69, 9.17) is 5.21 Å². The SMILES string of the molecule is O/N=C(\C=C\C1CCC1)c1ccccc1. The van der Waals surface area contributed by atoms with Crippen molar-refractivity contribution in [1.29, 1.82) is 0 Å². The van der Waals surface area contributed by atoms with Crippen LogP contribution in [0.1, 0.15) is 24.8 Å². The lowest BCUT2D eigenvalue weighted by molar-refractivity contribution is 0.319. The molecule has 15 heavy (non-hydrogen) atoms. The molecule has 2 heteroatoms. The minimum atomic E-state index is 0.641. The van der Waals surface area contributed by atoms with Crippen LogP contribution < -0.4 is 0 Å². The van der Waals surface area contributed by atoms with Crippen LogP contribution in [0.25, 0.3) is 0 Å². The number of hydrogen-bond donors (Lipinski definition) is 1. The minimum absolute atomic E-state index is 0.641. The predicted molar refractivity (Wildman–Crippen MR) is 61.2 cm³/mol. The summed E-state index contributed by atoms with van der Waals surface area (Å²) in [6.45, 7) is 0. The van der Waals surface area contributed by atoms with Crippen molar-refractivity contribution in [1.82, 2.24) is 0 Å². The van der Waals surface area contributed by atoms with E-state index < -0.39 is 0 Å². The van der Waals surface area contributed by atoms with Crippen LogP contribution in [0.15, 0.2) is 47.6 Å². The maximum absolute atomic E-state index is 8.92. The van der Waals surface area contributed by atoms with Gasteiger partial charge in [0.1, 0.15) is 5.71 Å². The van der Waals surface area contributed by atoms with Crippen molar-refractivity contribution < 1.29 is 5.21 Å². The molecular formula is C13H15NO. The highest BCUT2D eigenvalue weighted by molar-refractivity contribution is 6.08. The standard InChI is InChI=1S/C13H15NO/c15-14-13(10-9-11-5-4-6-11)12-7-2-1-3-8-12/h1-3,7-11,15H,4-6H2/b10-9+,14-13+. The van der Waals surface area contributed by atoms with Crippen LogP contribution in [0.5, 0.6) is 0 Å². The van der Waals surface area contributed by atoms with Crippen molar-refractivity contribution in [3.05, 3.63) is 48.0 Å². The predicted octanol–water partition coefficient (Wildman–Crippen LogP) is 3.22. The molecule has 0 aliphatic heterocycles. The van der Waals surface area contributed by atoms with E-state index in [9.17, 15) is 0 Å². The molecule has 2 nitrogen and oxygen atoms in total. The first-order valence-electron chi connectivity index (χ1n) is 5.36. The topological polar surface area (TPSA) is 32.6 Å². The summed E-state index contributed by atoms with van der Waals surface area (Å²) in [5.41, 5.74) is 1.60. The molecule has 0 radical (unpaired) electrons. The Morgan fingerprint density at radius 1 is 1.27 bits per heavy atom. The van der Waals surface area contributed by atoms with Crippen LogP contribution in [0.3, 0.4) is 0 Å². The van der Waals surface area contributed by atoms with Gasteiger partial charge in [-0.05, 0) is 24.8 Å². The van der Waals surface area contributed by atoms with Crippen molar-refractivity contribution in [3.8, 4) is 0 Å². The van der Waals surface area contributed by atoms with Gasteiger partial charge in [-0.15, -0.1) is 0 Å². The Kier molecular flexibility index (Phi) is 3.18. The van der Waals surface area contributed by atoms with Gasteiger partial charge in [-0.1, -0.05) is 48.0 Å². The normalized spacial score (nSPS) is 18.0. The summed E-state index contributed by atoms with van der Waals surface area (Å²) < 4.78 is 0. The monoisotopic (exact) mass is 201 g/mol. The second-order valence-corrected chi connectivity index (χ2v) is 3.90. The molecule has 0 atom stereocenters. The van der Waals surface area contributed by atoms with Crippen molar-refractivity contribution in [2.45, 2.75) is 19.3 Å². The van der Waals surface area contributed by atoms with Gasteiger partial charge in [-0.3, -0.25) is 0 Å². The number of benzene rings is 1. The number of allylic oxidation sites excluding steroid dienone is 2. The first-order valence-corrected chi connectivity index (χ1v) is 5.36. The van der Waals surface area contributed by atoms with E-state index in [1.807, 2.05) is 36.4 Å². The van der Waals surface area contributed by atoms with Crippen molar-refractivity contribution in [3.63, 3.8) is 0 Å². The van der Waals surface area contributed by atoms with Gasteiger partial charge >= 0.3 is 0 Å². The molecule has 0 unspecified atom stereocenters. The highest BCUT2D eigenvalue weighted by atomic mass is 16.4. The Morgan fingerprint density at radius 3 is 2.53 bits per heavy atom. The molecule has 1 N–H and O–H groups in total. The van der Waals surface area contributed by atoms with Gasteiger partial charge in [-0.25, -0.2) is 0 Å². The Morgan fingerprint density at radius 2 is 2.00 bits per heavy atom. The van der Waals surface area contributed by atoms with E-state index in [2.05, 4.69) is 11.2 Å². The van der Waals surface area contributed by atoms with Gasteiger partial charge in [0.25, 0.3) is 0 Å². The van der Waals surface area contributed by atoms with Gasteiger partial charge in [0, 0.05) is 5.56 Å². The second kappa shape index (κ2) is 4.78. The average molecular weight is 201 g/mol. The highest BCUT2D eigenvalue weighted by Gasteiger charge is 2.13. The molecule has 1 fully saturated rings. The molecular weight excluding hydrogens is 186 g/mol. The van der Waals surface area contributed by atoms with Crippen LogP contribution in [0, 0.1) is 5.92 Å². The zero-order chi connectivity index (χ0) is 10.5. The molecule has 0 amide bonds. The van der Waals surface area contributed by atoms with E-state index >= 15 is 0 Å². The van der Waals surface area contributed by atoms with Crippen molar-refractivity contribution in [2.75, 3.05) is 0 Å². The van der Waals surface area contributed by atoms with E-state index in [0.29, 0.717) is 11.6 Å². The van der Waals surface area contributed by atoms with E-state index in [1.165, 1.54) is 19.3 Å². The maximum atomic E-state index is 8.92. The third-order valence-corrected chi connectivity index (χ3v) is 2.85. The van der Waals surface area contributed by atoms with Crippen LogP contribution in [-0.4, -0.2) is 10.9 Å². The zero-order valence-corrected chi connectivity index (χ0v) is 8.63. The largest absolute Gasteiger partial charge is 0.410 e. The van der Waals surface area contributed by atoms with Gasteiger partial charge in [-0.2, -0.15) is 0 Å². The van der Waals surface area contributed by atoms with Gasteiger partial charge in [0.15, 0.2) is 0 Å². The lowest BCUT2D eigenvalue weighted by Crippen LogP contribution is -2.08. The Balaban J connectivity index is 2.08. The molecule has 1 aromatic rings. The van der Waals surface area contributed by atoms with Crippen molar-refractivity contribution >= 4 is 5.71 Å². The fourth-order valence-electron chi connectivity index (χ4n) is 1.66. The smallest absolute Gasteiger partial charge is 0.109 e. The maximum Gasteiger partial charge on any atom is 0.109 e. The molecule has 78 valence electrons. The average Bonchev–Trinajstić information content (AvgIpc) is 2.23. The first-order chi connectivity index (χ1) is 7.40. The van der Waals surface area contributed by atoms with Gasteiger partial charge in [0.05, 0.1) is 0 Å². The zero-order valence-electron chi connectivity index (χ0n) is 8.63. The van der Waals surface area contributed by atoms with E-state index in [0.717, 1.165) is 5.56 Å². The molecule has 1 saturated carbocycles. The molecule has 1 aliphatic rings.